The number of amides is 1. The molecule has 1 atom stereocenters. The van der Waals surface area contributed by atoms with Crippen LogP contribution in [0.1, 0.15) is 25.0 Å². The molecule has 7 heteroatoms. The van der Waals surface area contributed by atoms with Crippen LogP contribution in [0.5, 0.6) is 11.5 Å². The predicted molar refractivity (Wildman–Crippen MR) is 103 cm³/mol. The van der Waals surface area contributed by atoms with Crippen molar-refractivity contribution in [2.24, 2.45) is 0 Å². The molecule has 0 spiro atoms. The van der Waals surface area contributed by atoms with Crippen LogP contribution >= 0.6 is 0 Å². The van der Waals surface area contributed by atoms with Gasteiger partial charge in [-0.25, -0.2) is 0 Å². The molecule has 1 N–H and O–H groups in total. The van der Waals surface area contributed by atoms with Gasteiger partial charge in [-0.2, -0.15) is 8.78 Å². The standard InChI is InChI=1S/C21H26F2N2O3/c1-4-27-19-12-17(10-11-18(19)28-21(22)23)14-25(3)15(2)20(26)24-13-16-8-6-5-7-9-16/h5-12,15,21H,4,13-14H2,1-3H3,(H,24,26). The fourth-order valence-corrected chi connectivity index (χ4v) is 2.67. The van der Waals surface area contributed by atoms with Crippen molar-refractivity contribution in [3.05, 3.63) is 59.7 Å². The van der Waals surface area contributed by atoms with Crippen LogP contribution in [0.25, 0.3) is 0 Å². The number of ether oxygens (including phenoxy) is 2. The maximum atomic E-state index is 12.5. The molecule has 0 heterocycles. The minimum absolute atomic E-state index is 0.00287. The van der Waals surface area contributed by atoms with E-state index in [9.17, 15) is 13.6 Å². The summed E-state index contributed by atoms with van der Waals surface area (Å²) in [6.45, 7) is 1.92. The van der Waals surface area contributed by atoms with Crippen LogP contribution in [0, 0.1) is 0 Å². The highest BCUT2D eigenvalue weighted by Crippen LogP contribution is 2.30. The van der Waals surface area contributed by atoms with E-state index >= 15 is 0 Å². The van der Waals surface area contributed by atoms with E-state index in [1.807, 2.05) is 49.2 Å². The quantitative estimate of drug-likeness (QED) is 0.668. The highest BCUT2D eigenvalue weighted by molar-refractivity contribution is 5.81. The van der Waals surface area contributed by atoms with E-state index in [1.54, 1.807) is 19.1 Å². The summed E-state index contributed by atoms with van der Waals surface area (Å²) in [6, 6.07) is 14.1. The number of carbonyl (C=O) groups excluding carboxylic acids is 1. The Kier molecular flexibility index (Phi) is 8.19. The van der Waals surface area contributed by atoms with Crippen molar-refractivity contribution in [1.82, 2.24) is 10.2 Å². The van der Waals surface area contributed by atoms with Gasteiger partial charge in [-0.1, -0.05) is 36.4 Å². The van der Waals surface area contributed by atoms with E-state index < -0.39 is 6.61 Å². The third-order valence-corrected chi connectivity index (χ3v) is 4.31. The molecular weight excluding hydrogens is 366 g/mol. The first-order chi connectivity index (χ1) is 13.4. The first-order valence-electron chi connectivity index (χ1n) is 9.13. The third kappa shape index (κ3) is 6.49. The summed E-state index contributed by atoms with van der Waals surface area (Å²) in [5, 5.41) is 2.92. The number of carbonyl (C=O) groups is 1. The molecule has 0 aliphatic rings. The zero-order valence-electron chi connectivity index (χ0n) is 16.3. The Balaban J connectivity index is 1.97. The Morgan fingerprint density at radius 2 is 1.82 bits per heavy atom. The zero-order chi connectivity index (χ0) is 20.5. The molecule has 0 aliphatic heterocycles. The first kappa shape index (κ1) is 21.6. The maximum absolute atomic E-state index is 12.5. The Labute approximate surface area is 164 Å². The predicted octanol–water partition coefficient (Wildman–Crippen LogP) is 3.82. The molecular formula is C21H26F2N2O3. The lowest BCUT2D eigenvalue weighted by Gasteiger charge is -2.24. The van der Waals surface area contributed by atoms with Crippen LogP contribution in [0.15, 0.2) is 48.5 Å². The van der Waals surface area contributed by atoms with E-state index in [1.165, 1.54) is 6.07 Å². The number of nitrogens with zero attached hydrogens (tertiary/aromatic N) is 1. The lowest BCUT2D eigenvalue weighted by atomic mass is 10.1. The normalized spacial score (nSPS) is 12.1. The largest absolute Gasteiger partial charge is 0.490 e. The van der Waals surface area contributed by atoms with Crippen molar-refractivity contribution < 1.29 is 23.0 Å². The molecule has 2 aromatic carbocycles. The summed E-state index contributed by atoms with van der Waals surface area (Å²) in [6.07, 6.45) is 0. The maximum Gasteiger partial charge on any atom is 0.387 e. The number of alkyl halides is 2. The van der Waals surface area contributed by atoms with E-state index in [2.05, 4.69) is 10.1 Å². The minimum Gasteiger partial charge on any atom is -0.490 e. The molecule has 2 rings (SSSR count). The Hall–Kier alpha value is -2.67. The van der Waals surface area contributed by atoms with Crippen LogP contribution in [0.3, 0.4) is 0 Å². The van der Waals surface area contributed by atoms with Crippen LogP contribution in [-0.4, -0.2) is 37.1 Å². The number of halogens is 2. The zero-order valence-corrected chi connectivity index (χ0v) is 16.3. The molecule has 0 fully saturated rings. The average molecular weight is 392 g/mol. The third-order valence-electron chi connectivity index (χ3n) is 4.31. The van der Waals surface area contributed by atoms with Crippen LogP contribution in [-0.2, 0) is 17.9 Å². The Bertz CT molecular complexity index is 757. The monoisotopic (exact) mass is 392 g/mol. The van der Waals surface area contributed by atoms with Gasteiger partial charge >= 0.3 is 6.61 Å². The van der Waals surface area contributed by atoms with Gasteiger partial charge in [-0.3, -0.25) is 9.69 Å². The SMILES string of the molecule is CCOc1cc(CN(C)C(C)C(=O)NCc2ccccc2)ccc1OC(F)F. The number of rotatable bonds is 10. The minimum atomic E-state index is -2.92. The smallest absolute Gasteiger partial charge is 0.387 e. The molecule has 0 aliphatic carbocycles. The molecule has 28 heavy (non-hydrogen) atoms. The highest BCUT2D eigenvalue weighted by atomic mass is 19.3. The van der Waals surface area contributed by atoms with Crippen molar-refractivity contribution in [3.8, 4) is 11.5 Å². The molecule has 1 amide bonds. The number of benzene rings is 2. The summed E-state index contributed by atoms with van der Waals surface area (Å²) < 4.78 is 34.9. The lowest BCUT2D eigenvalue weighted by Crippen LogP contribution is -2.42. The molecule has 1 unspecified atom stereocenters. The van der Waals surface area contributed by atoms with Gasteiger partial charge in [0.15, 0.2) is 11.5 Å². The van der Waals surface area contributed by atoms with Crippen molar-refractivity contribution in [2.75, 3.05) is 13.7 Å². The molecule has 0 saturated carbocycles. The topological polar surface area (TPSA) is 50.8 Å². The Morgan fingerprint density at radius 3 is 2.46 bits per heavy atom. The van der Waals surface area contributed by atoms with Gasteiger partial charge in [0, 0.05) is 13.1 Å². The van der Waals surface area contributed by atoms with Gasteiger partial charge in [-0.15, -0.1) is 0 Å². The summed E-state index contributed by atoms with van der Waals surface area (Å²) in [5.74, 6) is 0.167. The van der Waals surface area contributed by atoms with E-state index in [0.717, 1.165) is 11.1 Å². The fourth-order valence-electron chi connectivity index (χ4n) is 2.67. The van der Waals surface area contributed by atoms with Gasteiger partial charge < -0.3 is 14.8 Å². The van der Waals surface area contributed by atoms with E-state index in [0.29, 0.717) is 19.7 Å². The van der Waals surface area contributed by atoms with Gasteiger partial charge in [0.05, 0.1) is 12.6 Å². The molecule has 0 radical (unpaired) electrons. The van der Waals surface area contributed by atoms with Crippen molar-refractivity contribution in [2.45, 2.75) is 39.6 Å². The van der Waals surface area contributed by atoms with E-state index in [-0.39, 0.29) is 23.4 Å². The van der Waals surface area contributed by atoms with Gasteiger partial charge in [-0.05, 0) is 44.2 Å². The summed E-state index contributed by atoms with van der Waals surface area (Å²) in [4.78, 5) is 14.3. The van der Waals surface area contributed by atoms with E-state index in [4.69, 9.17) is 4.74 Å². The average Bonchev–Trinajstić information content (AvgIpc) is 2.68. The highest BCUT2D eigenvalue weighted by Gasteiger charge is 2.19. The molecule has 0 aromatic heterocycles. The molecule has 152 valence electrons. The van der Waals surface area contributed by atoms with Gasteiger partial charge in [0.25, 0.3) is 0 Å². The second kappa shape index (κ2) is 10.6. The van der Waals surface area contributed by atoms with Crippen molar-refractivity contribution in [1.29, 1.82) is 0 Å². The molecule has 0 bridgehead atoms. The van der Waals surface area contributed by atoms with Crippen molar-refractivity contribution >= 4 is 5.91 Å². The Morgan fingerprint density at radius 1 is 1.11 bits per heavy atom. The fraction of sp³-hybridized carbons (Fsp3) is 0.381. The second-order valence-corrected chi connectivity index (χ2v) is 6.39. The van der Waals surface area contributed by atoms with Crippen LogP contribution < -0.4 is 14.8 Å². The first-order valence-corrected chi connectivity index (χ1v) is 9.13. The van der Waals surface area contributed by atoms with Crippen LogP contribution in [0.4, 0.5) is 8.78 Å². The van der Waals surface area contributed by atoms with Crippen molar-refractivity contribution in [3.63, 3.8) is 0 Å². The molecule has 2 aromatic rings. The van der Waals surface area contributed by atoms with Gasteiger partial charge in [0.1, 0.15) is 0 Å². The summed E-state index contributed by atoms with van der Waals surface area (Å²) >= 11 is 0. The number of likely N-dealkylation sites (N-methyl/N-ethyl adjacent to an activating group) is 1. The molecule has 0 saturated heterocycles. The van der Waals surface area contributed by atoms with Gasteiger partial charge in [0.2, 0.25) is 5.91 Å². The number of nitrogens with one attached hydrogen (secondary N) is 1. The molecule has 5 nitrogen and oxygen atoms in total. The number of hydrogen-bond acceptors (Lipinski definition) is 4. The second-order valence-electron chi connectivity index (χ2n) is 6.39. The summed E-state index contributed by atoms with van der Waals surface area (Å²) in [7, 11) is 1.83. The lowest BCUT2D eigenvalue weighted by molar-refractivity contribution is -0.125. The van der Waals surface area contributed by atoms with Crippen LogP contribution in [0.2, 0.25) is 0 Å². The summed E-state index contributed by atoms with van der Waals surface area (Å²) in [5.41, 5.74) is 1.86. The number of hydrogen-bond donors (Lipinski definition) is 1.